The van der Waals surface area contributed by atoms with Gasteiger partial charge >= 0.3 is 0 Å². The summed E-state index contributed by atoms with van der Waals surface area (Å²) in [5.41, 5.74) is 23.8. The van der Waals surface area contributed by atoms with E-state index in [0.29, 0.717) is 0 Å². The normalized spacial score (nSPS) is 14.5. The molecule has 4 heteroatoms. The molecule has 310 valence electrons. The Labute approximate surface area is 380 Å². The van der Waals surface area contributed by atoms with Crippen LogP contribution in [-0.4, -0.2) is 7.85 Å². The summed E-state index contributed by atoms with van der Waals surface area (Å²) in [6, 6.07) is 49.5. The molecule has 0 heterocycles. The van der Waals surface area contributed by atoms with E-state index in [1.54, 1.807) is 0 Å². The van der Waals surface area contributed by atoms with Crippen LogP contribution in [0.5, 0.6) is 0 Å². The van der Waals surface area contributed by atoms with Crippen molar-refractivity contribution in [2.75, 3.05) is 9.80 Å². The van der Waals surface area contributed by atoms with E-state index in [4.69, 9.17) is 7.85 Å². The molecule has 2 radical (unpaired) electrons. The Morgan fingerprint density at radius 3 is 1.08 bits per heavy atom. The first kappa shape index (κ1) is 42.0. The zero-order valence-electron chi connectivity index (χ0n) is 38.6. The Morgan fingerprint density at radius 2 is 0.742 bits per heavy atom. The number of halogens is 1. The van der Waals surface area contributed by atoms with Crippen molar-refractivity contribution in [1.29, 1.82) is 0 Å². The zero-order valence-corrected chi connectivity index (χ0v) is 40.1. The maximum Gasteiger partial charge on any atom is 0.113 e. The van der Waals surface area contributed by atoms with E-state index >= 15 is 0 Å². The lowest BCUT2D eigenvalue weighted by molar-refractivity contribution is 0.590. The molecule has 2 nitrogen and oxygen atoms in total. The number of rotatable bonds is 6. The summed E-state index contributed by atoms with van der Waals surface area (Å²) < 4.78 is 1.07. The number of nitrogens with zero attached hydrogens (tertiary/aromatic N) is 2. The predicted molar refractivity (Wildman–Crippen MR) is 271 cm³/mol. The van der Waals surface area contributed by atoms with Gasteiger partial charge in [-0.15, -0.1) is 0 Å². The smallest absolute Gasteiger partial charge is 0.113 e. The molecule has 9 rings (SSSR count). The number of fused-ring (bicyclic) bond motifs is 6. The molecule has 7 aromatic carbocycles. The van der Waals surface area contributed by atoms with Crippen molar-refractivity contribution in [1.82, 2.24) is 0 Å². The highest BCUT2D eigenvalue weighted by Crippen LogP contribution is 2.61. The number of anilines is 6. The first-order chi connectivity index (χ1) is 29.2. The van der Waals surface area contributed by atoms with Crippen LogP contribution in [0.25, 0.3) is 22.3 Å². The summed E-state index contributed by atoms with van der Waals surface area (Å²) in [4.78, 5) is 4.78. The monoisotopic (exact) mass is 872 g/mol. The molecule has 0 unspecified atom stereocenters. The van der Waals surface area contributed by atoms with Crippen LogP contribution in [0.1, 0.15) is 114 Å². The second-order valence-electron chi connectivity index (χ2n) is 20.8. The lowest BCUT2D eigenvalue weighted by Crippen LogP contribution is -2.20. The van der Waals surface area contributed by atoms with Gasteiger partial charge in [0.2, 0.25) is 0 Å². The van der Waals surface area contributed by atoms with Gasteiger partial charge in [-0.05, 0) is 176 Å². The lowest BCUT2D eigenvalue weighted by Gasteiger charge is -2.30. The Balaban J connectivity index is 1.16. The number of benzene rings is 7. The summed E-state index contributed by atoms with van der Waals surface area (Å²) in [7, 11) is 6.22. The third-order valence-corrected chi connectivity index (χ3v) is 14.4. The number of hydrogen-bond donors (Lipinski definition) is 0. The molecular weight excluding hydrogens is 815 g/mol. The van der Waals surface area contributed by atoms with Crippen LogP contribution in [0.2, 0.25) is 0 Å². The summed E-state index contributed by atoms with van der Waals surface area (Å²) in [5, 5.41) is 0. The highest BCUT2D eigenvalue weighted by atomic mass is 79.9. The minimum absolute atomic E-state index is 0.0700. The van der Waals surface area contributed by atoms with Crippen molar-refractivity contribution in [2.45, 2.75) is 105 Å². The van der Waals surface area contributed by atoms with Crippen molar-refractivity contribution in [2.24, 2.45) is 0 Å². The largest absolute Gasteiger partial charge is 0.310 e. The number of hydrogen-bond acceptors (Lipinski definition) is 2. The zero-order chi connectivity index (χ0) is 44.3. The molecular formula is C58H58BBrN2. The molecule has 0 atom stereocenters. The summed E-state index contributed by atoms with van der Waals surface area (Å²) in [6.07, 6.45) is 0. The molecule has 0 spiro atoms. The summed E-state index contributed by atoms with van der Waals surface area (Å²) in [5.74, 6) is 0. The SMILES string of the molecule is [B]c1ccc(N(c2ccc(C(C)(C)C)cc2)c2ccc3c(c2)C(C)(C)c2c(C)c4c(c(C)c2-3)C(C)(C)c2cc(N(c3ccc(Br)cc3)c3ccc(C(C)(C)C)cc3)ccc2-4)cc1. The first-order valence-corrected chi connectivity index (χ1v) is 22.9. The molecule has 2 aliphatic carbocycles. The van der Waals surface area contributed by atoms with Gasteiger partial charge in [0, 0.05) is 49.4 Å². The molecule has 0 bridgehead atoms. The highest BCUT2D eigenvalue weighted by Gasteiger charge is 2.46. The van der Waals surface area contributed by atoms with Gasteiger partial charge in [-0.3, -0.25) is 0 Å². The van der Waals surface area contributed by atoms with Gasteiger partial charge < -0.3 is 9.80 Å². The molecule has 0 aromatic heterocycles. The van der Waals surface area contributed by atoms with Crippen LogP contribution in [0.15, 0.2) is 138 Å². The molecule has 0 saturated heterocycles. The van der Waals surface area contributed by atoms with E-state index in [2.05, 4.69) is 230 Å². The van der Waals surface area contributed by atoms with Gasteiger partial charge in [0.05, 0.1) is 0 Å². The van der Waals surface area contributed by atoms with Crippen molar-refractivity contribution >= 4 is 63.4 Å². The van der Waals surface area contributed by atoms with Crippen LogP contribution in [0.3, 0.4) is 0 Å². The van der Waals surface area contributed by atoms with E-state index in [1.165, 1.54) is 66.8 Å². The Hall–Kier alpha value is -5.32. The molecule has 0 amide bonds. The van der Waals surface area contributed by atoms with Crippen molar-refractivity contribution < 1.29 is 0 Å². The van der Waals surface area contributed by atoms with Gasteiger partial charge in [0.15, 0.2) is 0 Å². The van der Waals surface area contributed by atoms with Crippen LogP contribution in [-0.2, 0) is 21.7 Å². The second-order valence-corrected chi connectivity index (χ2v) is 21.7. The Bertz CT molecular complexity index is 2670. The Morgan fingerprint density at radius 1 is 0.435 bits per heavy atom. The fraction of sp³-hybridized carbons (Fsp3) is 0.276. The fourth-order valence-corrected chi connectivity index (χ4v) is 10.9. The molecule has 0 N–H and O–H groups in total. The molecule has 62 heavy (non-hydrogen) atoms. The van der Waals surface area contributed by atoms with E-state index in [0.717, 1.165) is 44.1 Å². The van der Waals surface area contributed by atoms with Crippen LogP contribution >= 0.6 is 15.9 Å². The highest BCUT2D eigenvalue weighted by molar-refractivity contribution is 9.10. The van der Waals surface area contributed by atoms with Gasteiger partial charge in [-0.2, -0.15) is 0 Å². The van der Waals surface area contributed by atoms with Crippen LogP contribution in [0, 0.1) is 13.8 Å². The predicted octanol–water partition coefficient (Wildman–Crippen LogP) is 16.0. The van der Waals surface area contributed by atoms with Gasteiger partial charge in [0.1, 0.15) is 7.85 Å². The maximum atomic E-state index is 6.22. The van der Waals surface area contributed by atoms with E-state index in [9.17, 15) is 0 Å². The summed E-state index contributed by atoms with van der Waals surface area (Å²) in [6.45, 7) is 28.1. The molecule has 0 saturated carbocycles. The van der Waals surface area contributed by atoms with E-state index < -0.39 is 0 Å². The third-order valence-electron chi connectivity index (χ3n) is 13.9. The quantitative estimate of drug-likeness (QED) is 0.154. The standard InChI is InChI=1S/C58H58BBrN2/c1-35-51-47-31-29-45(61(43-25-17-39(59)18-26-43)41-21-13-37(14-22-41)55(3,4)5)33-49(47)57(9,10)53(51)36(2)52-48-32-30-46(34-50(48)58(11,12)54(35)52)62(44-27-19-40(60)20-28-44)42-23-15-38(16-24-42)56(6,7)8/h13-34H,1-12H3. The molecule has 0 fully saturated rings. The third kappa shape index (κ3) is 6.76. The van der Waals surface area contributed by atoms with Crippen molar-refractivity contribution in [3.63, 3.8) is 0 Å². The Kier molecular flexibility index (Phi) is 9.91. The van der Waals surface area contributed by atoms with Crippen LogP contribution < -0.4 is 15.3 Å². The van der Waals surface area contributed by atoms with E-state index in [-0.39, 0.29) is 21.7 Å². The van der Waals surface area contributed by atoms with Crippen molar-refractivity contribution in [3.05, 3.63) is 182 Å². The second kappa shape index (κ2) is 14.6. The van der Waals surface area contributed by atoms with Gasteiger partial charge in [-0.25, -0.2) is 0 Å². The van der Waals surface area contributed by atoms with Crippen molar-refractivity contribution in [3.8, 4) is 22.3 Å². The van der Waals surface area contributed by atoms with Crippen LogP contribution in [0.4, 0.5) is 34.1 Å². The average molecular weight is 874 g/mol. The molecule has 2 aliphatic rings. The van der Waals surface area contributed by atoms with Gasteiger partial charge in [-0.1, -0.05) is 139 Å². The average Bonchev–Trinajstić information content (AvgIpc) is 3.61. The first-order valence-electron chi connectivity index (χ1n) is 22.1. The maximum absolute atomic E-state index is 6.22. The van der Waals surface area contributed by atoms with Gasteiger partial charge in [0.25, 0.3) is 0 Å². The minimum atomic E-state index is -0.224. The molecule has 0 aliphatic heterocycles. The topological polar surface area (TPSA) is 6.48 Å². The van der Waals surface area contributed by atoms with E-state index in [1.807, 2.05) is 12.1 Å². The lowest BCUT2D eigenvalue weighted by atomic mass is 9.74. The minimum Gasteiger partial charge on any atom is -0.310 e. The molecule has 7 aromatic rings. The fourth-order valence-electron chi connectivity index (χ4n) is 10.6. The summed E-state index contributed by atoms with van der Waals surface area (Å²) >= 11 is 3.68.